The summed E-state index contributed by atoms with van der Waals surface area (Å²) in [6, 6.07) is 0. The van der Waals surface area contributed by atoms with E-state index in [2.05, 4.69) is 29.6 Å². The standard InChI is InChI=1S/C7H4.2C2H5Cl.CH3O.Mg.H2O.4H2/c1-3-5-7-6-4-2;2*1-2-3;1-2;;;;;;/h1H,2H3;2*2H2,1H3;1H3;;1H2;4*1H/q;;;-1;+2;;;;;/p-1. The van der Waals surface area contributed by atoms with Crippen LogP contribution in [-0.2, 0) is 0 Å². The minimum atomic E-state index is 0. The number of hydrogen-bond acceptors (Lipinski definition) is 2. The van der Waals surface area contributed by atoms with E-state index in [1.807, 2.05) is 13.8 Å². The van der Waals surface area contributed by atoms with E-state index in [4.69, 9.17) is 34.7 Å². The SMILES string of the molecule is C#CC#CC#CC.CCCl.CCCl.C[O-].[HH].[HH].[HH].[HH].[Mg+2].[OH-]. The average Bonchev–Trinajstić information content (AvgIpc) is 2.24. The second-order valence-electron chi connectivity index (χ2n) is 1.30. The summed E-state index contributed by atoms with van der Waals surface area (Å²) >= 11 is 10.00. The molecule has 0 spiro atoms. The number of halogens is 2. The van der Waals surface area contributed by atoms with Crippen LogP contribution in [0, 0.1) is 36.0 Å². The van der Waals surface area contributed by atoms with Gasteiger partial charge in [0.15, 0.2) is 0 Å². The first-order valence-electron chi connectivity index (χ1n) is 4.15. The average molecular weight is 298 g/mol. The van der Waals surface area contributed by atoms with Gasteiger partial charge in [0.2, 0.25) is 0 Å². The van der Waals surface area contributed by atoms with Crippen LogP contribution in [0.25, 0.3) is 0 Å². The van der Waals surface area contributed by atoms with Crippen LogP contribution in [0.4, 0.5) is 0 Å². The van der Waals surface area contributed by atoms with Gasteiger partial charge in [0, 0.05) is 17.5 Å². The zero-order valence-corrected chi connectivity index (χ0v) is 13.7. The first-order valence-corrected chi connectivity index (χ1v) is 5.21. The maximum Gasteiger partial charge on any atom is 2.00 e. The summed E-state index contributed by atoms with van der Waals surface area (Å²) in [6.45, 7) is 5.49. The minimum Gasteiger partial charge on any atom is -0.870 e. The van der Waals surface area contributed by atoms with Gasteiger partial charge in [-0.25, -0.2) is 0 Å². The van der Waals surface area contributed by atoms with Crippen molar-refractivity contribution in [1.82, 2.24) is 0 Å². The Morgan fingerprint density at radius 3 is 1.53 bits per heavy atom. The van der Waals surface area contributed by atoms with Crippen molar-refractivity contribution in [2.24, 2.45) is 0 Å². The zero-order valence-electron chi connectivity index (χ0n) is 10.8. The van der Waals surface area contributed by atoms with Gasteiger partial charge in [0.1, 0.15) is 0 Å². The van der Waals surface area contributed by atoms with Crippen LogP contribution in [0.1, 0.15) is 26.5 Å². The minimum absolute atomic E-state index is 0. The van der Waals surface area contributed by atoms with E-state index >= 15 is 0 Å². The quantitative estimate of drug-likeness (QED) is 0.392. The molecule has 0 aliphatic carbocycles. The van der Waals surface area contributed by atoms with Gasteiger partial charge in [0.05, 0.1) is 0 Å². The molecule has 0 amide bonds. The molecule has 0 aromatic heterocycles. The zero-order chi connectivity index (χ0) is 12.9. The Bertz CT molecular complexity index is 242. The molecular formula is C12H26Cl2MgO2. The summed E-state index contributed by atoms with van der Waals surface area (Å²) in [6.07, 6.45) is 4.78. The molecule has 2 nitrogen and oxygen atoms in total. The molecule has 0 aromatic rings. The molecule has 0 aromatic carbocycles. The smallest absolute Gasteiger partial charge is 0.870 e. The normalized spacial score (nSPS) is 3.88. The summed E-state index contributed by atoms with van der Waals surface area (Å²) in [5, 5.41) is 8.25. The van der Waals surface area contributed by atoms with Crippen molar-refractivity contribution < 1.29 is 16.3 Å². The summed E-state index contributed by atoms with van der Waals surface area (Å²) in [5.41, 5.74) is 0. The van der Waals surface area contributed by atoms with Gasteiger partial charge in [-0.3, -0.25) is 0 Å². The van der Waals surface area contributed by atoms with Crippen molar-refractivity contribution in [2.75, 3.05) is 18.9 Å². The monoisotopic (exact) mass is 296 g/mol. The molecule has 1 N–H and O–H groups in total. The predicted octanol–water partition coefficient (Wildman–Crippen LogP) is 2.54. The molecule has 0 rings (SSSR count). The fourth-order valence-electron chi connectivity index (χ4n) is 0.130. The maximum absolute atomic E-state index is 8.25. The van der Waals surface area contributed by atoms with Crippen LogP contribution in [0.15, 0.2) is 0 Å². The van der Waals surface area contributed by atoms with Crippen molar-refractivity contribution in [3.05, 3.63) is 0 Å². The number of terminal acetylenes is 1. The summed E-state index contributed by atoms with van der Waals surface area (Å²) in [5.74, 6) is 13.5. The van der Waals surface area contributed by atoms with Gasteiger partial charge >= 0.3 is 23.1 Å². The summed E-state index contributed by atoms with van der Waals surface area (Å²) in [7, 11) is 0.750. The summed E-state index contributed by atoms with van der Waals surface area (Å²) in [4.78, 5) is 0. The predicted molar refractivity (Wildman–Crippen MR) is 84.9 cm³/mol. The third-order valence-electron chi connectivity index (χ3n) is 0.322. The molecule has 5 heteroatoms. The van der Waals surface area contributed by atoms with E-state index in [0.717, 1.165) is 18.9 Å². The third-order valence-corrected chi connectivity index (χ3v) is 0.322. The Morgan fingerprint density at radius 1 is 1.06 bits per heavy atom. The second-order valence-corrected chi connectivity index (χ2v) is 2.37. The fourth-order valence-corrected chi connectivity index (χ4v) is 0.130. The topological polar surface area (TPSA) is 53.1 Å². The van der Waals surface area contributed by atoms with Crippen molar-refractivity contribution in [2.45, 2.75) is 20.8 Å². The summed E-state index contributed by atoms with van der Waals surface area (Å²) < 4.78 is 0. The molecule has 0 heterocycles. The van der Waals surface area contributed by atoms with Crippen molar-refractivity contribution in [3.8, 4) is 36.0 Å². The van der Waals surface area contributed by atoms with E-state index < -0.39 is 0 Å². The van der Waals surface area contributed by atoms with E-state index in [-0.39, 0.29) is 34.2 Å². The number of alkyl halides is 2. The molecule has 0 saturated carbocycles. The largest absolute Gasteiger partial charge is 2.00 e. The Labute approximate surface area is 138 Å². The molecule has 0 aliphatic rings. The van der Waals surface area contributed by atoms with E-state index in [1.54, 1.807) is 6.92 Å². The molecule has 0 saturated heterocycles. The third kappa shape index (κ3) is 199. The molecule has 0 fully saturated rings. The van der Waals surface area contributed by atoms with Gasteiger partial charge in [-0.2, -0.15) is 7.11 Å². The van der Waals surface area contributed by atoms with Crippen LogP contribution in [-0.4, -0.2) is 47.4 Å². The fraction of sp³-hybridized carbons (Fsp3) is 0.500. The van der Waals surface area contributed by atoms with Gasteiger partial charge in [-0.15, -0.1) is 29.6 Å². The molecule has 0 unspecified atom stereocenters. The van der Waals surface area contributed by atoms with Crippen LogP contribution < -0.4 is 5.11 Å². The molecule has 0 bridgehead atoms. The maximum atomic E-state index is 8.25. The second kappa shape index (κ2) is 73.8. The Balaban J connectivity index is -0.00000000967. The van der Waals surface area contributed by atoms with Crippen molar-refractivity contribution >= 4 is 46.3 Å². The first-order chi connectivity index (χ1) is 7.24. The van der Waals surface area contributed by atoms with Crippen LogP contribution in [0.5, 0.6) is 0 Å². The van der Waals surface area contributed by atoms with Crippen LogP contribution in [0.2, 0.25) is 0 Å². The van der Waals surface area contributed by atoms with Crippen LogP contribution >= 0.6 is 23.2 Å². The van der Waals surface area contributed by atoms with Crippen molar-refractivity contribution in [3.63, 3.8) is 0 Å². The van der Waals surface area contributed by atoms with Crippen molar-refractivity contribution in [1.29, 1.82) is 0 Å². The van der Waals surface area contributed by atoms with Gasteiger partial charge in [-0.1, -0.05) is 19.8 Å². The molecule has 0 radical (unpaired) electrons. The van der Waals surface area contributed by atoms with Gasteiger partial charge in [-0.05, 0) is 30.6 Å². The van der Waals surface area contributed by atoms with Gasteiger partial charge in [0.25, 0.3) is 0 Å². The number of hydrogen-bond donors (Lipinski definition) is 0. The first kappa shape index (κ1) is 36.0. The van der Waals surface area contributed by atoms with E-state index in [0.29, 0.717) is 0 Å². The Kier molecular flexibility index (Phi) is 156. The molecule has 0 aliphatic heterocycles. The van der Waals surface area contributed by atoms with Gasteiger partial charge < -0.3 is 10.6 Å². The molecule has 17 heavy (non-hydrogen) atoms. The number of rotatable bonds is 0. The van der Waals surface area contributed by atoms with Crippen LogP contribution in [0.3, 0.4) is 0 Å². The molecule has 102 valence electrons. The Morgan fingerprint density at radius 2 is 1.35 bits per heavy atom. The molecule has 0 atom stereocenters. The molecular weight excluding hydrogens is 271 g/mol. The van der Waals surface area contributed by atoms with E-state index in [1.165, 1.54) is 0 Å². The Hall–Kier alpha value is -0.0538. The van der Waals surface area contributed by atoms with E-state index in [9.17, 15) is 0 Å².